The molecule has 38 heavy (non-hydrogen) atoms. The zero-order chi connectivity index (χ0) is 25.8. The van der Waals surface area contributed by atoms with Crippen LogP contribution in [-0.2, 0) is 11.2 Å². The predicted molar refractivity (Wildman–Crippen MR) is 140 cm³/mol. The molecule has 3 saturated carbocycles. The van der Waals surface area contributed by atoms with Gasteiger partial charge in [-0.2, -0.15) is 5.10 Å². The fourth-order valence-corrected chi connectivity index (χ4v) is 7.09. The predicted octanol–water partition coefficient (Wildman–Crippen LogP) is 6.22. The molecule has 2 bridgehead atoms. The number of nitrogens with zero attached hydrogens (tertiary/aromatic N) is 4. The Bertz CT molecular complexity index is 1640. The van der Waals surface area contributed by atoms with Crippen molar-refractivity contribution >= 4 is 28.3 Å². The largest absolute Gasteiger partial charge is 0.481 e. The SMILES string of the molecule is O=C(O)[C@H]1C2CCC(CC2)[C@@H]1Cc1cc(-c2ccc(-c3cccs3)o2)nc(-c2[nH]nc3ncc(F)cc23)n1. The molecule has 3 aliphatic carbocycles. The van der Waals surface area contributed by atoms with Gasteiger partial charge in [-0.25, -0.2) is 19.3 Å². The molecule has 10 heteroatoms. The molecule has 0 aromatic carbocycles. The van der Waals surface area contributed by atoms with Gasteiger partial charge in [0.2, 0.25) is 0 Å². The van der Waals surface area contributed by atoms with Gasteiger partial charge in [0.1, 0.15) is 23.0 Å². The summed E-state index contributed by atoms with van der Waals surface area (Å²) in [5.74, 6) is 0.676. The minimum absolute atomic E-state index is 0.00602. The van der Waals surface area contributed by atoms with Crippen molar-refractivity contribution in [1.29, 1.82) is 0 Å². The molecule has 0 saturated heterocycles. The highest BCUT2D eigenvalue weighted by atomic mass is 32.1. The lowest BCUT2D eigenvalue weighted by atomic mass is 9.57. The number of carboxylic acid groups (broad SMARTS) is 1. The van der Waals surface area contributed by atoms with Crippen LogP contribution in [0, 0.1) is 29.5 Å². The zero-order valence-electron chi connectivity index (χ0n) is 20.3. The summed E-state index contributed by atoms with van der Waals surface area (Å²) in [5, 5.41) is 19.7. The fraction of sp³-hybridized carbons (Fsp3) is 0.321. The van der Waals surface area contributed by atoms with Gasteiger partial charge in [-0.1, -0.05) is 6.07 Å². The number of hydrogen-bond acceptors (Lipinski definition) is 7. The molecule has 5 aromatic rings. The summed E-state index contributed by atoms with van der Waals surface area (Å²) in [4.78, 5) is 27.0. The first-order chi connectivity index (χ1) is 18.5. The Morgan fingerprint density at radius 3 is 2.71 bits per heavy atom. The Balaban J connectivity index is 1.33. The van der Waals surface area contributed by atoms with Gasteiger partial charge in [-0.05, 0) is 85.6 Å². The second kappa shape index (κ2) is 9.13. The molecule has 8 rings (SSSR count). The van der Waals surface area contributed by atoms with Gasteiger partial charge in [0.15, 0.2) is 17.2 Å². The van der Waals surface area contributed by atoms with Gasteiger partial charge >= 0.3 is 5.97 Å². The quantitative estimate of drug-likeness (QED) is 0.268. The molecule has 8 nitrogen and oxygen atoms in total. The molecule has 0 radical (unpaired) electrons. The molecule has 3 fully saturated rings. The van der Waals surface area contributed by atoms with E-state index < -0.39 is 11.8 Å². The van der Waals surface area contributed by atoms with Gasteiger partial charge in [0, 0.05) is 5.69 Å². The maximum Gasteiger partial charge on any atom is 0.307 e. The summed E-state index contributed by atoms with van der Waals surface area (Å²) < 4.78 is 20.2. The summed E-state index contributed by atoms with van der Waals surface area (Å²) in [6, 6.07) is 11.0. The number of pyridine rings is 1. The van der Waals surface area contributed by atoms with E-state index in [9.17, 15) is 14.3 Å². The van der Waals surface area contributed by atoms with Crippen molar-refractivity contribution < 1.29 is 18.7 Å². The van der Waals surface area contributed by atoms with Crippen LogP contribution in [0.1, 0.15) is 31.4 Å². The van der Waals surface area contributed by atoms with Crippen LogP contribution in [0.5, 0.6) is 0 Å². The van der Waals surface area contributed by atoms with Crippen molar-refractivity contribution in [3.05, 3.63) is 59.5 Å². The van der Waals surface area contributed by atoms with Crippen LogP contribution < -0.4 is 0 Å². The smallest absolute Gasteiger partial charge is 0.307 e. The number of thiophene rings is 1. The normalized spacial score (nSPS) is 22.8. The molecule has 2 N–H and O–H groups in total. The Morgan fingerprint density at radius 1 is 1.11 bits per heavy atom. The lowest BCUT2D eigenvalue weighted by molar-refractivity contribution is -0.152. The first-order valence-corrected chi connectivity index (χ1v) is 13.7. The highest BCUT2D eigenvalue weighted by Crippen LogP contribution is 2.50. The number of aromatic nitrogens is 5. The standard InChI is InChI=1S/C28H24FN5O3S/c29-16-10-19-25(33-34-26(19)30-13-16)27-31-17(11-18-14-3-5-15(6-4-14)24(18)28(35)36)12-20(32-27)21-7-8-22(37-21)23-2-1-9-38-23/h1-2,7-10,12-15,18,24H,3-6,11H2,(H,35,36)(H,30,33,34)/t14?,15?,18-,24-/m0/s1. The van der Waals surface area contributed by atoms with Crippen molar-refractivity contribution in [2.24, 2.45) is 23.7 Å². The molecule has 2 atom stereocenters. The number of fused-ring (bicyclic) bond motifs is 4. The molecule has 3 aliphatic rings. The van der Waals surface area contributed by atoms with Crippen LogP contribution in [-0.4, -0.2) is 36.2 Å². The molecule has 0 amide bonds. The van der Waals surface area contributed by atoms with Gasteiger partial charge in [0.25, 0.3) is 0 Å². The van der Waals surface area contributed by atoms with Crippen molar-refractivity contribution in [2.75, 3.05) is 0 Å². The van der Waals surface area contributed by atoms with E-state index in [2.05, 4.69) is 15.2 Å². The molecule has 192 valence electrons. The molecule has 5 heterocycles. The Hall–Kier alpha value is -3.92. The Labute approximate surface area is 221 Å². The van der Waals surface area contributed by atoms with Crippen LogP contribution in [0.3, 0.4) is 0 Å². The molecule has 0 unspecified atom stereocenters. The van der Waals surface area contributed by atoms with Gasteiger partial charge in [-0.3, -0.25) is 9.89 Å². The highest BCUT2D eigenvalue weighted by molar-refractivity contribution is 7.13. The number of nitrogens with one attached hydrogen (secondary N) is 1. The Kier molecular flexibility index (Phi) is 5.57. The minimum Gasteiger partial charge on any atom is -0.481 e. The average molecular weight is 530 g/mol. The van der Waals surface area contributed by atoms with E-state index in [0.717, 1.165) is 48.2 Å². The number of carboxylic acids is 1. The monoisotopic (exact) mass is 529 g/mol. The van der Waals surface area contributed by atoms with E-state index in [1.165, 1.54) is 6.07 Å². The van der Waals surface area contributed by atoms with Crippen molar-refractivity contribution in [1.82, 2.24) is 25.1 Å². The summed E-state index contributed by atoms with van der Waals surface area (Å²) >= 11 is 1.59. The second-order valence-corrected chi connectivity index (χ2v) is 11.2. The topological polar surface area (TPSA) is 118 Å². The number of furan rings is 1. The second-order valence-electron chi connectivity index (χ2n) is 10.2. The van der Waals surface area contributed by atoms with Crippen LogP contribution in [0.2, 0.25) is 0 Å². The minimum atomic E-state index is -0.716. The van der Waals surface area contributed by atoms with E-state index in [0.29, 0.717) is 46.3 Å². The number of rotatable bonds is 6. The van der Waals surface area contributed by atoms with Crippen LogP contribution in [0.4, 0.5) is 4.39 Å². The molecule has 0 aliphatic heterocycles. The van der Waals surface area contributed by atoms with Gasteiger partial charge < -0.3 is 9.52 Å². The van der Waals surface area contributed by atoms with Crippen molar-refractivity contribution in [3.63, 3.8) is 0 Å². The van der Waals surface area contributed by atoms with Crippen LogP contribution >= 0.6 is 11.3 Å². The van der Waals surface area contributed by atoms with E-state index in [4.69, 9.17) is 14.4 Å². The lowest BCUT2D eigenvalue weighted by Crippen LogP contribution is -2.45. The van der Waals surface area contributed by atoms with Crippen LogP contribution in [0.25, 0.3) is 44.6 Å². The summed E-state index contributed by atoms with van der Waals surface area (Å²) in [7, 11) is 0. The number of H-pyrrole nitrogens is 1. The number of hydrogen-bond donors (Lipinski definition) is 2. The molecular weight excluding hydrogens is 505 g/mol. The van der Waals surface area contributed by atoms with E-state index in [-0.39, 0.29) is 17.8 Å². The number of carbonyl (C=O) groups is 1. The summed E-state index contributed by atoms with van der Waals surface area (Å²) in [6.07, 6.45) is 5.72. The number of aromatic amines is 1. The molecule has 0 spiro atoms. The third-order valence-corrected chi connectivity index (χ3v) is 9.01. The number of halogens is 1. The third kappa shape index (κ3) is 3.99. The van der Waals surface area contributed by atoms with E-state index in [1.807, 2.05) is 35.7 Å². The molecule has 5 aromatic heterocycles. The highest BCUT2D eigenvalue weighted by Gasteiger charge is 2.47. The van der Waals surface area contributed by atoms with Gasteiger partial charge in [0.05, 0.1) is 22.4 Å². The summed E-state index contributed by atoms with van der Waals surface area (Å²) in [6.45, 7) is 0. The molecular formula is C28H24FN5O3S. The maximum atomic E-state index is 14.1. The number of aliphatic carboxylic acids is 1. The fourth-order valence-electron chi connectivity index (χ4n) is 6.41. The Morgan fingerprint density at radius 2 is 1.92 bits per heavy atom. The average Bonchev–Trinajstić information content (AvgIpc) is 3.69. The maximum absolute atomic E-state index is 14.1. The first-order valence-electron chi connectivity index (χ1n) is 12.8. The lowest BCUT2D eigenvalue weighted by Gasteiger charge is -2.46. The van der Waals surface area contributed by atoms with Crippen LogP contribution in [0.15, 0.2) is 52.4 Å². The summed E-state index contributed by atoms with van der Waals surface area (Å²) in [5.41, 5.74) is 2.13. The van der Waals surface area contributed by atoms with Crippen molar-refractivity contribution in [3.8, 4) is 33.6 Å². The first kappa shape index (κ1) is 23.2. The zero-order valence-corrected chi connectivity index (χ0v) is 21.1. The third-order valence-electron chi connectivity index (χ3n) is 8.12. The van der Waals surface area contributed by atoms with E-state index in [1.54, 1.807) is 11.3 Å². The van der Waals surface area contributed by atoms with Crippen molar-refractivity contribution in [2.45, 2.75) is 32.1 Å². The van der Waals surface area contributed by atoms with E-state index >= 15 is 0 Å². The van der Waals surface area contributed by atoms with Gasteiger partial charge in [-0.15, -0.1) is 11.3 Å².